The van der Waals surface area contributed by atoms with Gasteiger partial charge >= 0.3 is 12.3 Å². The number of rotatable bonds is 4. The second kappa shape index (κ2) is 6.49. The van der Waals surface area contributed by atoms with E-state index in [1.54, 1.807) is 6.07 Å². The number of benzene rings is 2. The highest BCUT2D eigenvalue weighted by atomic mass is 32.2. The predicted molar refractivity (Wildman–Crippen MR) is 75.9 cm³/mol. The standard InChI is InChI=1S/C14H10F3NO5S/c15-14(16,17)23-10-6-7-12(24(18,20)21)11(8-10)22-13(19)9-4-2-1-3-5-9/h1-8H,(H2,18,20,21). The van der Waals surface area contributed by atoms with Crippen LogP contribution in [0.2, 0.25) is 0 Å². The molecule has 0 aliphatic rings. The molecule has 10 heteroatoms. The average molecular weight is 361 g/mol. The maximum Gasteiger partial charge on any atom is 0.573 e. The van der Waals surface area contributed by atoms with Gasteiger partial charge in [0.25, 0.3) is 0 Å². The van der Waals surface area contributed by atoms with E-state index in [0.717, 1.165) is 12.1 Å². The van der Waals surface area contributed by atoms with Crippen molar-refractivity contribution in [3.63, 3.8) is 0 Å². The fourth-order valence-electron chi connectivity index (χ4n) is 1.73. The summed E-state index contributed by atoms with van der Waals surface area (Å²) in [6.45, 7) is 0. The molecule has 128 valence electrons. The molecule has 0 fully saturated rings. The zero-order valence-corrected chi connectivity index (χ0v) is 12.6. The number of carbonyl (C=O) groups excluding carboxylic acids is 1. The van der Waals surface area contributed by atoms with Crippen LogP contribution >= 0.6 is 0 Å². The molecule has 0 amide bonds. The summed E-state index contributed by atoms with van der Waals surface area (Å²) in [5.41, 5.74) is 0.0695. The van der Waals surface area contributed by atoms with E-state index in [1.165, 1.54) is 24.3 Å². The number of sulfonamides is 1. The first-order chi connectivity index (χ1) is 11.1. The molecule has 0 bridgehead atoms. The zero-order valence-electron chi connectivity index (χ0n) is 11.8. The average Bonchev–Trinajstić information content (AvgIpc) is 2.45. The third kappa shape index (κ3) is 4.70. The van der Waals surface area contributed by atoms with Gasteiger partial charge in [-0.3, -0.25) is 0 Å². The number of primary sulfonamides is 1. The van der Waals surface area contributed by atoms with Gasteiger partial charge < -0.3 is 9.47 Å². The van der Waals surface area contributed by atoms with E-state index < -0.39 is 38.7 Å². The molecule has 0 radical (unpaired) electrons. The van der Waals surface area contributed by atoms with Crippen LogP contribution in [0.15, 0.2) is 53.4 Å². The number of halogens is 3. The second-order valence-corrected chi connectivity index (χ2v) is 5.99. The van der Waals surface area contributed by atoms with Gasteiger partial charge in [-0.15, -0.1) is 13.2 Å². The third-order valence-electron chi connectivity index (χ3n) is 2.67. The lowest BCUT2D eigenvalue weighted by Gasteiger charge is -2.13. The lowest BCUT2D eigenvalue weighted by atomic mass is 10.2. The van der Waals surface area contributed by atoms with Crippen molar-refractivity contribution in [2.75, 3.05) is 0 Å². The van der Waals surface area contributed by atoms with E-state index in [-0.39, 0.29) is 5.56 Å². The number of nitrogens with two attached hydrogens (primary N) is 1. The molecule has 0 aromatic heterocycles. The third-order valence-corrected chi connectivity index (χ3v) is 3.62. The maximum atomic E-state index is 12.3. The van der Waals surface area contributed by atoms with Crippen LogP contribution in [0.4, 0.5) is 13.2 Å². The smallest absolute Gasteiger partial charge is 0.421 e. The number of esters is 1. The Kier molecular flexibility index (Phi) is 4.81. The maximum absolute atomic E-state index is 12.3. The van der Waals surface area contributed by atoms with Crippen molar-refractivity contribution in [2.45, 2.75) is 11.3 Å². The minimum absolute atomic E-state index is 0.0695. The van der Waals surface area contributed by atoms with Crippen molar-refractivity contribution in [3.05, 3.63) is 54.1 Å². The summed E-state index contributed by atoms with van der Waals surface area (Å²) in [6.07, 6.45) is -5.00. The van der Waals surface area contributed by atoms with Crippen LogP contribution in [0.1, 0.15) is 10.4 Å². The fraction of sp³-hybridized carbons (Fsp3) is 0.0714. The Morgan fingerprint density at radius 3 is 2.21 bits per heavy atom. The predicted octanol–water partition coefficient (Wildman–Crippen LogP) is 2.45. The highest BCUT2D eigenvalue weighted by Gasteiger charge is 2.32. The van der Waals surface area contributed by atoms with Crippen LogP contribution in [0.25, 0.3) is 0 Å². The molecule has 0 unspecified atom stereocenters. The lowest BCUT2D eigenvalue weighted by Crippen LogP contribution is -2.19. The van der Waals surface area contributed by atoms with E-state index in [9.17, 15) is 26.4 Å². The summed E-state index contributed by atoms with van der Waals surface area (Å²) in [6, 6.07) is 9.57. The van der Waals surface area contributed by atoms with Gasteiger partial charge in [0.05, 0.1) is 5.56 Å². The fourth-order valence-corrected chi connectivity index (χ4v) is 2.37. The summed E-state index contributed by atoms with van der Waals surface area (Å²) in [4.78, 5) is 11.3. The molecular formula is C14H10F3NO5S. The van der Waals surface area contributed by atoms with Gasteiger partial charge in [-0.1, -0.05) is 18.2 Å². The second-order valence-electron chi connectivity index (χ2n) is 4.46. The quantitative estimate of drug-likeness (QED) is 0.667. The van der Waals surface area contributed by atoms with E-state index >= 15 is 0 Å². The Hall–Kier alpha value is -2.59. The molecule has 6 nitrogen and oxygen atoms in total. The molecule has 0 saturated heterocycles. The Bertz CT molecular complexity index is 850. The molecule has 2 rings (SSSR count). The van der Waals surface area contributed by atoms with Crippen LogP contribution in [0.5, 0.6) is 11.5 Å². The summed E-state index contributed by atoms with van der Waals surface area (Å²) >= 11 is 0. The number of hydrogen-bond donors (Lipinski definition) is 1. The van der Waals surface area contributed by atoms with Gasteiger partial charge in [0, 0.05) is 6.07 Å². The molecule has 2 N–H and O–H groups in total. The lowest BCUT2D eigenvalue weighted by molar-refractivity contribution is -0.274. The zero-order chi connectivity index (χ0) is 18.0. The summed E-state index contributed by atoms with van der Waals surface area (Å²) in [5.74, 6) is -2.40. The summed E-state index contributed by atoms with van der Waals surface area (Å²) in [7, 11) is -4.34. The van der Waals surface area contributed by atoms with Crippen LogP contribution < -0.4 is 14.6 Å². The number of ether oxygens (including phenoxy) is 2. The van der Waals surface area contributed by atoms with Crippen molar-refractivity contribution in [1.82, 2.24) is 0 Å². The van der Waals surface area contributed by atoms with E-state index in [1.807, 2.05) is 0 Å². The van der Waals surface area contributed by atoms with E-state index in [2.05, 4.69) is 4.74 Å². The number of alkyl halides is 3. The summed E-state index contributed by atoms with van der Waals surface area (Å²) in [5, 5.41) is 4.97. The van der Waals surface area contributed by atoms with Crippen LogP contribution in [0, 0.1) is 0 Å². The molecule has 2 aromatic carbocycles. The minimum atomic E-state index is -5.00. The molecule has 0 spiro atoms. The highest BCUT2D eigenvalue weighted by Crippen LogP contribution is 2.31. The molecule has 24 heavy (non-hydrogen) atoms. The number of carbonyl (C=O) groups is 1. The van der Waals surface area contributed by atoms with Crippen LogP contribution in [0.3, 0.4) is 0 Å². The SMILES string of the molecule is NS(=O)(=O)c1ccc(OC(F)(F)F)cc1OC(=O)c1ccccc1. The number of hydrogen-bond acceptors (Lipinski definition) is 5. The van der Waals surface area contributed by atoms with Crippen molar-refractivity contribution in [2.24, 2.45) is 5.14 Å². The molecule has 2 aromatic rings. The van der Waals surface area contributed by atoms with E-state index in [4.69, 9.17) is 9.88 Å². The molecule has 0 saturated carbocycles. The molecule has 0 heterocycles. The Labute approximate surface area is 134 Å². The minimum Gasteiger partial charge on any atom is -0.421 e. The first-order valence-electron chi connectivity index (χ1n) is 6.26. The van der Waals surface area contributed by atoms with E-state index in [0.29, 0.717) is 6.07 Å². The normalized spacial score (nSPS) is 11.8. The van der Waals surface area contributed by atoms with Crippen molar-refractivity contribution < 1.29 is 35.9 Å². The van der Waals surface area contributed by atoms with Crippen LogP contribution in [-0.4, -0.2) is 20.7 Å². The topological polar surface area (TPSA) is 95.7 Å². The molecule has 0 atom stereocenters. The monoisotopic (exact) mass is 361 g/mol. The first kappa shape index (κ1) is 17.8. The Morgan fingerprint density at radius 1 is 1.04 bits per heavy atom. The molecular weight excluding hydrogens is 351 g/mol. The van der Waals surface area contributed by atoms with Crippen molar-refractivity contribution in [3.8, 4) is 11.5 Å². The van der Waals surface area contributed by atoms with Crippen molar-refractivity contribution in [1.29, 1.82) is 0 Å². The van der Waals surface area contributed by atoms with Crippen molar-refractivity contribution >= 4 is 16.0 Å². The summed E-state index contributed by atoms with van der Waals surface area (Å²) < 4.78 is 68.3. The van der Waals surface area contributed by atoms with Gasteiger partial charge in [0.1, 0.15) is 10.6 Å². The molecule has 0 aliphatic carbocycles. The van der Waals surface area contributed by atoms with Crippen LogP contribution in [-0.2, 0) is 10.0 Å². The Balaban J connectivity index is 2.41. The van der Waals surface area contributed by atoms with Gasteiger partial charge in [-0.25, -0.2) is 18.4 Å². The van der Waals surface area contributed by atoms with Gasteiger partial charge in [0.15, 0.2) is 5.75 Å². The largest absolute Gasteiger partial charge is 0.573 e. The van der Waals surface area contributed by atoms with Gasteiger partial charge in [0.2, 0.25) is 10.0 Å². The first-order valence-corrected chi connectivity index (χ1v) is 7.81. The molecule has 0 aliphatic heterocycles. The van der Waals surface area contributed by atoms with Gasteiger partial charge in [-0.05, 0) is 24.3 Å². The highest BCUT2D eigenvalue weighted by molar-refractivity contribution is 7.89. The van der Waals surface area contributed by atoms with Gasteiger partial charge in [-0.2, -0.15) is 0 Å². The Morgan fingerprint density at radius 2 is 1.67 bits per heavy atom.